The van der Waals surface area contributed by atoms with Crippen molar-refractivity contribution in [2.24, 2.45) is 0 Å². The largest absolute Gasteiger partial charge is 0.573 e. The molecular formula is C21H25F3N3O3+. The molecule has 1 atom stereocenters. The van der Waals surface area contributed by atoms with Gasteiger partial charge in [0, 0.05) is 12.2 Å². The maximum Gasteiger partial charge on any atom is 0.573 e. The van der Waals surface area contributed by atoms with E-state index in [4.69, 9.17) is 0 Å². The van der Waals surface area contributed by atoms with Gasteiger partial charge in [-0.1, -0.05) is 24.3 Å². The van der Waals surface area contributed by atoms with Crippen molar-refractivity contribution < 1.29 is 32.4 Å². The Balaban J connectivity index is 1.70. The van der Waals surface area contributed by atoms with Gasteiger partial charge in [-0.05, 0) is 48.7 Å². The van der Waals surface area contributed by atoms with E-state index >= 15 is 0 Å². The Labute approximate surface area is 173 Å². The van der Waals surface area contributed by atoms with Crippen LogP contribution in [-0.2, 0) is 16.0 Å². The lowest BCUT2D eigenvalue weighted by molar-refractivity contribution is -0.862. The highest BCUT2D eigenvalue weighted by atomic mass is 19.4. The van der Waals surface area contributed by atoms with Crippen molar-refractivity contribution in [3.63, 3.8) is 0 Å². The molecule has 0 saturated heterocycles. The first-order valence-corrected chi connectivity index (χ1v) is 9.40. The van der Waals surface area contributed by atoms with Crippen molar-refractivity contribution in [3.05, 3.63) is 59.7 Å². The number of halogens is 3. The van der Waals surface area contributed by atoms with E-state index < -0.39 is 6.36 Å². The normalized spacial score (nSPS) is 12.2. The van der Waals surface area contributed by atoms with Gasteiger partial charge in [-0.25, -0.2) is 0 Å². The molecule has 3 N–H and O–H groups in total. The Kier molecular flexibility index (Phi) is 8.23. The minimum Gasteiger partial charge on any atom is -0.406 e. The first-order valence-electron chi connectivity index (χ1n) is 9.40. The van der Waals surface area contributed by atoms with Crippen LogP contribution in [-0.4, -0.2) is 44.9 Å². The molecule has 162 valence electrons. The molecule has 2 aromatic rings. The SMILES string of the molecule is Cc1ccccc1CCNC(=O)C[NH+](C)CC(=O)Nc1ccc(OC(F)(F)F)cc1. The fourth-order valence-corrected chi connectivity index (χ4v) is 2.85. The van der Waals surface area contributed by atoms with Gasteiger partial charge in [0.05, 0.1) is 7.05 Å². The highest BCUT2D eigenvalue weighted by molar-refractivity contribution is 5.91. The van der Waals surface area contributed by atoms with Gasteiger partial charge in [-0.3, -0.25) is 9.59 Å². The molecule has 0 aliphatic rings. The summed E-state index contributed by atoms with van der Waals surface area (Å²) < 4.78 is 40.2. The molecule has 2 amide bonds. The van der Waals surface area contributed by atoms with E-state index in [2.05, 4.69) is 15.4 Å². The first-order chi connectivity index (χ1) is 14.1. The van der Waals surface area contributed by atoms with Gasteiger partial charge < -0.3 is 20.3 Å². The number of likely N-dealkylation sites (N-methyl/N-ethyl adjacent to an activating group) is 1. The average molecular weight is 424 g/mol. The number of amides is 2. The summed E-state index contributed by atoms with van der Waals surface area (Å²) in [6.45, 7) is 2.69. The van der Waals surface area contributed by atoms with E-state index in [1.54, 1.807) is 7.05 Å². The summed E-state index contributed by atoms with van der Waals surface area (Å²) in [7, 11) is 1.71. The van der Waals surface area contributed by atoms with E-state index in [1.165, 1.54) is 23.3 Å². The van der Waals surface area contributed by atoms with Crippen LogP contribution < -0.4 is 20.3 Å². The van der Waals surface area contributed by atoms with E-state index in [9.17, 15) is 22.8 Å². The molecule has 2 rings (SSSR count). The molecular weight excluding hydrogens is 399 g/mol. The van der Waals surface area contributed by atoms with Crippen LogP contribution in [0.1, 0.15) is 11.1 Å². The zero-order valence-electron chi connectivity index (χ0n) is 16.8. The number of quaternary nitrogens is 1. The number of anilines is 1. The summed E-state index contributed by atoms with van der Waals surface area (Å²) in [5.41, 5.74) is 2.68. The summed E-state index contributed by atoms with van der Waals surface area (Å²) >= 11 is 0. The van der Waals surface area contributed by atoms with Gasteiger partial charge in [0.25, 0.3) is 11.8 Å². The molecule has 0 heterocycles. The molecule has 1 unspecified atom stereocenters. The zero-order valence-corrected chi connectivity index (χ0v) is 16.8. The first kappa shape index (κ1) is 23.2. The molecule has 0 bridgehead atoms. The van der Waals surface area contributed by atoms with Crippen LogP contribution in [0.2, 0.25) is 0 Å². The summed E-state index contributed by atoms with van der Waals surface area (Å²) in [4.78, 5) is 24.8. The number of hydrogen-bond acceptors (Lipinski definition) is 3. The van der Waals surface area contributed by atoms with Gasteiger partial charge in [0.1, 0.15) is 5.75 Å². The molecule has 30 heavy (non-hydrogen) atoms. The molecule has 6 nitrogen and oxygen atoms in total. The maximum atomic E-state index is 12.2. The molecule has 0 saturated carbocycles. The molecule has 9 heteroatoms. The van der Waals surface area contributed by atoms with Crippen LogP contribution >= 0.6 is 0 Å². The second kappa shape index (κ2) is 10.6. The topological polar surface area (TPSA) is 71.9 Å². The predicted octanol–water partition coefficient (Wildman–Crippen LogP) is 1.71. The Morgan fingerprint density at radius 2 is 1.63 bits per heavy atom. The molecule has 0 fully saturated rings. The van der Waals surface area contributed by atoms with Crippen LogP contribution in [0.15, 0.2) is 48.5 Å². The Morgan fingerprint density at radius 1 is 1.00 bits per heavy atom. The Hall–Kier alpha value is -3.07. The number of alkyl halides is 3. The van der Waals surface area contributed by atoms with Crippen molar-refractivity contribution in [3.8, 4) is 5.75 Å². The van der Waals surface area contributed by atoms with Crippen molar-refractivity contribution in [2.75, 3.05) is 32.0 Å². The van der Waals surface area contributed by atoms with E-state index in [1.807, 2.05) is 31.2 Å². The van der Waals surface area contributed by atoms with Gasteiger partial charge in [0.2, 0.25) is 0 Å². The van der Waals surface area contributed by atoms with Gasteiger partial charge in [-0.2, -0.15) is 0 Å². The van der Waals surface area contributed by atoms with Gasteiger partial charge in [-0.15, -0.1) is 13.2 Å². The lowest BCUT2D eigenvalue weighted by Gasteiger charge is -2.14. The standard InChI is InChI=1S/C21H24F3N3O3/c1-15-5-3-4-6-16(15)11-12-25-19(28)13-27(2)14-20(29)26-17-7-9-18(10-8-17)30-21(22,23)24/h3-10H,11-14H2,1-2H3,(H,25,28)(H,26,29)/p+1. The third-order valence-electron chi connectivity index (χ3n) is 4.27. The lowest BCUT2D eigenvalue weighted by Crippen LogP contribution is -3.11. The lowest BCUT2D eigenvalue weighted by atomic mass is 10.1. The zero-order chi connectivity index (χ0) is 22.1. The van der Waals surface area contributed by atoms with Crippen molar-refractivity contribution >= 4 is 17.5 Å². The number of ether oxygens (including phenoxy) is 1. The summed E-state index contributed by atoms with van der Waals surface area (Å²) in [5.74, 6) is -0.891. The number of benzene rings is 2. The second-order valence-electron chi connectivity index (χ2n) is 6.96. The number of carbonyl (C=O) groups is 2. The number of carbonyl (C=O) groups excluding carboxylic acids is 2. The van der Waals surface area contributed by atoms with E-state index in [-0.39, 0.29) is 30.7 Å². The minimum atomic E-state index is -4.77. The summed E-state index contributed by atoms with van der Waals surface area (Å²) in [6, 6.07) is 12.8. The van der Waals surface area contributed by atoms with Crippen molar-refractivity contribution in [2.45, 2.75) is 19.7 Å². The third kappa shape index (κ3) is 8.52. The Morgan fingerprint density at radius 3 is 2.27 bits per heavy atom. The van der Waals surface area contributed by atoms with E-state index in [0.29, 0.717) is 17.1 Å². The average Bonchev–Trinajstić information content (AvgIpc) is 2.63. The van der Waals surface area contributed by atoms with Crippen LogP contribution in [0.3, 0.4) is 0 Å². The fourth-order valence-electron chi connectivity index (χ4n) is 2.85. The van der Waals surface area contributed by atoms with Gasteiger partial charge >= 0.3 is 6.36 Å². The van der Waals surface area contributed by atoms with Crippen LogP contribution in [0.4, 0.5) is 18.9 Å². The molecule has 0 aliphatic carbocycles. The van der Waals surface area contributed by atoms with Gasteiger partial charge in [0.15, 0.2) is 13.1 Å². The quantitative estimate of drug-likeness (QED) is 0.574. The fraction of sp³-hybridized carbons (Fsp3) is 0.333. The smallest absolute Gasteiger partial charge is 0.406 e. The third-order valence-corrected chi connectivity index (χ3v) is 4.27. The number of aryl methyl sites for hydroxylation is 1. The number of rotatable bonds is 9. The monoisotopic (exact) mass is 424 g/mol. The van der Waals surface area contributed by atoms with E-state index in [0.717, 1.165) is 18.6 Å². The molecule has 0 aromatic heterocycles. The summed E-state index contributed by atoms with van der Waals surface area (Å²) in [6.07, 6.45) is -4.04. The van der Waals surface area contributed by atoms with Crippen molar-refractivity contribution in [1.82, 2.24) is 5.32 Å². The second-order valence-corrected chi connectivity index (χ2v) is 6.96. The molecule has 0 radical (unpaired) electrons. The predicted molar refractivity (Wildman–Crippen MR) is 106 cm³/mol. The Bertz CT molecular complexity index is 855. The highest BCUT2D eigenvalue weighted by Gasteiger charge is 2.31. The van der Waals surface area contributed by atoms with Crippen LogP contribution in [0, 0.1) is 6.92 Å². The highest BCUT2D eigenvalue weighted by Crippen LogP contribution is 2.23. The molecule has 0 spiro atoms. The van der Waals surface area contributed by atoms with Crippen LogP contribution in [0.5, 0.6) is 5.75 Å². The minimum absolute atomic E-state index is 0.0337. The summed E-state index contributed by atoms with van der Waals surface area (Å²) in [5, 5.41) is 5.42. The number of nitrogens with one attached hydrogen (secondary N) is 3. The van der Waals surface area contributed by atoms with Crippen LogP contribution in [0.25, 0.3) is 0 Å². The maximum absolute atomic E-state index is 12.2. The van der Waals surface area contributed by atoms with Crippen molar-refractivity contribution in [1.29, 1.82) is 0 Å². The molecule has 2 aromatic carbocycles. The number of hydrogen-bond donors (Lipinski definition) is 3. The molecule has 0 aliphatic heterocycles.